The molecule has 1 saturated heterocycles. The predicted molar refractivity (Wildman–Crippen MR) is 147 cm³/mol. The molecule has 2 aliphatic carbocycles. The highest BCUT2D eigenvalue weighted by Crippen LogP contribution is 2.40. The SMILES string of the molecule is Cl.N#CC1(c2ccc(CC(=O)c3ccn(-c4ccc(C5CC5)cn4)c3)cn2)CCC(N2CCOCC2)CC1. The van der Waals surface area contributed by atoms with Gasteiger partial charge in [0, 0.05) is 55.9 Å². The van der Waals surface area contributed by atoms with Crippen LogP contribution in [0.4, 0.5) is 0 Å². The number of hydrogen-bond donors (Lipinski definition) is 0. The molecule has 1 aliphatic heterocycles. The van der Waals surface area contributed by atoms with Gasteiger partial charge in [-0.3, -0.25) is 14.7 Å². The fourth-order valence-corrected chi connectivity index (χ4v) is 5.84. The van der Waals surface area contributed by atoms with Gasteiger partial charge < -0.3 is 9.30 Å². The van der Waals surface area contributed by atoms with Crippen molar-refractivity contribution in [3.05, 3.63) is 77.5 Å². The van der Waals surface area contributed by atoms with Crippen LogP contribution in [-0.4, -0.2) is 57.6 Å². The van der Waals surface area contributed by atoms with Gasteiger partial charge in [-0.2, -0.15) is 5.26 Å². The largest absolute Gasteiger partial charge is 0.379 e. The van der Waals surface area contributed by atoms with E-state index in [-0.39, 0.29) is 24.6 Å². The lowest BCUT2D eigenvalue weighted by atomic mass is 9.71. The van der Waals surface area contributed by atoms with Gasteiger partial charge in [0.1, 0.15) is 5.82 Å². The minimum atomic E-state index is -0.537. The van der Waals surface area contributed by atoms with Crippen LogP contribution in [0.5, 0.6) is 0 Å². The van der Waals surface area contributed by atoms with Crippen molar-refractivity contribution in [3.63, 3.8) is 0 Å². The molecule has 0 aromatic carbocycles. The zero-order valence-electron chi connectivity index (χ0n) is 21.6. The average Bonchev–Trinajstić information content (AvgIpc) is 3.70. The third-order valence-electron chi connectivity index (χ3n) is 8.36. The molecule has 7 nitrogen and oxygen atoms in total. The van der Waals surface area contributed by atoms with E-state index in [9.17, 15) is 10.1 Å². The summed E-state index contributed by atoms with van der Waals surface area (Å²) in [5.74, 6) is 1.54. The van der Waals surface area contributed by atoms with E-state index in [2.05, 4.69) is 27.0 Å². The number of carbonyl (C=O) groups excluding carboxylic acids is 1. The predicted octanol–water partition coefficient (Wildman–Crippen LogP) is 5.03. The van der Waals surface area contributed by atoms with Crippen molar-refractivity contribution in [3.8, 4) is 11.9 Å². The number of rotatable bonds is 7. The third-order valence-corrected chi connectivity index (χ3v) is 8.36. The third kappa shape index (κ3) is 5.54. The number of pyridine rings is 2. The van der Waals surface area contributed by atoms with Gasteiger partial charge in [-0.15, -0.1) is 12.4 Å². The molecule has 0 atom stereocenters. The molecule has 3 aromatic rings. The van der Waals surface area contributed by atoms with Crippen LogP contribution in [0.1, 0.15) is 71.6 Å². The van der Waals surface area contributed by atoms with Crippen LogP contribution < -0.4 is 0 Å². The van der Waals surface area contributed by atoms with E-state index >= 15 is 0 Å². The lowest BCUT2D eigenvalue weighted by Gasteiger charge is -2.41. The Kier molecular flexibility index (Phi) is 7.94. The fourth-order valence-electron chi connectivity index (χ4n) is 5.84. The van der Waals surface area contributed by atoms with E-state index in [0.717, 1.165) is 69.1 Å². The Morgan fingerprint density at radius 3 is 2.45 bits per heavy atom. The maximum absolute atomic E-state index is 13.0. The number of hydrogen-bond acceptors (Lipinski definition) is 6. The van der Waals surface area contributed by atoms with E-state index in [1.807, 2.05) is 47.4 Å². The molecule has 0 radical (unpaired) electrons. The van der Waals surface area contributed by atoms with Gasteiger partial charge in [0.25, 0.3) is 0 Å². The molecule has 198 valence electrons. The van der Waals surface area contributed by atoms with Gasteiger partial charge in [0.2, 0.25) is 0 Å². The minimum Gasteiger partial charge on any atom is -0.379 e. The number of nitriles is 1. The lowest BCUT2D eigenvalue weighted by Crippen LogP contribution is -2.47. The molecule has 0 bridgehead atoms. The quantitative estimate of drug-likeness (QED) is 0.398. The van der Waals surface area contributed by atoms with E-state index < -0.39 is 5.41 Å². The summed E-state index contributed by atoms with van der Waals surface area (Å²) in [6.45, 7) is 3.57. The molecule has 3 fully saturated rings. The van der Waals surface area contributed by atoms with E-state index in [1.54, 1.807) is 6.20 Å². The Balaban J connectivity index is 0.00000294. The van der Waals surface area contributed by atoms with Crippen LogP contribution in [0, 0.1) is 11.3 Å². The number of Topliss-reactive ketones (excluding diaryl/α,β-unsaturated/α-hetero) is 1. The first-order valence-corrected chi connectivity index (χ1v) is 13.5. The van der Waals surface area contributed by atoms with E-state index in [4.69, 9.17) is 4.74 Å². The number of carbonyl (C=O) groups is 1. The first-order chi connectivity index (χ1) is 18.1. The van der Waals surface area contributed by atoms with Crippen molar-refractivity contribution in [2.24, 2.45) is 0 Å². The summed E-state index contributed by atoms with van der Waals surface area (Å²) in [4.78, 5) is 24.7. The number of nitrogens with zero attached hydrogens (tertiary/aromatic N) is 5. The van der Waals surface area contributed by atoms with Crippen molar-refractivity contribution < 1.29 is 9.53 Å². The molecule has 6 rings (SSSR count). The fraction of sp³-hybridized carbons (Fsp3) is 0.467. The normalized spacial score (nSPS) is 23.8. The van der Waals surface area contributed by atoms with Crippen LogP contribution in [0.25, 0.3) is 5.82 Å². The Hall–Kier alpha value is -3.05. The first kappa shape index (κ1) is 26.6. The number of ketones is 1. The Morgan fingerprint density at radius 2 is 1.82 bits per heavy atom. The molecule has 3 aromatic heterocycles. The molecule has 0 amide bonds. The Bertz CT molecular complexity index is 1280. The van der Waals surface area contributed by atoms with Crippen LogP contribution >= 0.6 is 12.4 Å². The lowest BCUT2D eigenvalue weighted by molar-refractivity contribution is 0.00493. The second-order valence-electron chi connectivity index (χ2n) is 10.8. The van der Waals surface area contributed by atoms with Crippen molar-refractivity contribution in [1.82, 2.24) is 19.4 Å². The highest BCUT2D eigenvalue weighted by Gasteiger charge is 2.40. The van der Waals surface area contributed by atoms with Gasteiger partial charge in [0.15, 0.2) is 5.78 Å². The van der Waals surface area contributed by atoms with Crippen LogP contribution in [0.2, 0.25) is 0 Å². The highest BCUT2D eigenvalue weighted by atomic mass is 35.5. The minimum absolute atomic E-state index is 0. The zero-order valence-corrected chi connectivity index (χ0v) is 22.4. The molecule has 0 spiro atoms. The van der Waals surface area contributed by atoms with Crippen molar-refractivity contribution >= 4 is 18.2 Å². The average molecular weight is 532 g/mol. The van der Waals surface area contributed by atoms with Crippen LogP contribution in [-0.2, 0) is 16.6 Å². The summed E-state index contributed by atoms with van der Waals surface area (Å²) in [5.41, 5.74) is 3.12. The molecule has 8 heteroatoms. The molecule has 3 aliphatic rings. The van der Waals surface area contributed by atoms with E-state index in [1.165, 1.54) is 18.4 Å². The van der Waals surface area contributed by atoms with Crippen LogP contribution in [0.3, 0.4) is 0 Å². The van der Waals surface area contributed by atoms with Crippen molar-refractivity contribution in [2.75, 3.05) is 26.3 Å². The van der Waals surface area contributed by atoms with Crippen molar-refractivity contribution in [1.29, 1.82) is 5.26 Å². The molecule has 4 heterocycles. The maximum atomic E-state index is 13.0. The molecular formula is C30H34ClN5O2. The standard InChI is InChI=1S/C30H33N5O2.ClH/c31-21-30(10-7-26(8-11-30)34-13-15-37-16-14-34)28-5-1-22(18-32-28)17-27(36)25-9-12-35(20-25)29-6-4-24(19-33-29)23-2-3-23;/h1,4-6,9,12,18-20,23,26H,2-3,7-8,10-11,13-17H2;1H. The topological polar surface area (TPSA) is 84.0 Å². The number of morpholine rings is 1. The molecule has 0 N–H and O–H groups in total. The number of halogens is 1. The van der Waals surface area contributed by atoms with Crippen LogP contribution in [0.15, 0.2) is 55.1 Å². The van der Waals surface area contributed by atoms with Gasteiger partial charge in [-0.1, -0.05) is 12.1 Å². The maximum Gasteiger partial charge on any atom is 0.168 e. The molecule has 38 heavy (non-hydrogen) atoms. The molecule has 0 unspecified atom stereocenters. The van der Waals surface area contributed by atoms with Gasteiger partial charge in [-0.05, 0) is 73.8 Å². The Morgan fingerprint density at radius 1 is 1.03 bits per heavy atom. The second kappa shape index (κ2) is 11.4. The zero-order chi connectivity index (χ0) is 25.2. The summed E-state index contributed by atoms with van der Waals surface area (Å²) >= 11 is 0. The van der Waals surface area contributed by atoms with Gasteiger partial charge in [-0.25, -0.2) is 4.98 Å². The summed E-state index contributed by atoms with van der Waals surface area (Å²) in [6.07, 6.45) is 13.9. The first-order valence-electron chi connectivity index (χ1n) is 13.5. The summed E-state index contributed by atoms with van der Waals surface area (Å²) in [6, 6.07) is 13.0. The second-order valence-corrected chi connectivity index (χ2v) is 10.8. The smallest absolute Gasteiger partial charge is 0.168 e. The summed E-state index contributed by atoms with van der Waals surface area (Å²) in [7, 11) is 0. The Labute approximate surface area is 230 Å². The summed E-state index contributed by atoms with van der Waals surface area (Å²) in [5, 5.41) is 10.1. The highest BCUT2D eigenvalue weighted by molar-refractivity contribution is 5.97. The van der Waals surface area contributed by atoms with E-state index in [0.29, 0.717) is 17.5 Å². The molecule has 2 saturated carbocycles. The number of ether oxygens (including phenoxy) is 1. The monoisotopic (exact) mass is 531 g/mol. The van der Waals surface area contributed by atoms with Gasteiger partial charge in [0.05, 0.1) is 30.4 Å². The number of aromatic nitrogens is 3. The van der Waals surface area contributed by atoms with Crippen molar-refractivity contribution in [2.45, 2.75) is 62.3 Å². The molecular weight excluding hydrogens is 498 g/mol. The summed E-state index contributed by atoms with van der Waals surface area (Å²) < 4.78 is 7.39. The van der Waals surface area contributed by atoms with Gasteiger partial charge >= 0.3 is 0 Å².